The summed E-state index contributed by atoms with van der Waals surface area (Å²) < 4.78 is 4.47. The molecule has 1 aromatic rings. The van der Waals surface area contributed by atoms with Crippen molar-refractivity contribution in [3.8, 4) is 0 Å². The number of nitrogens with zero attached hydrogens (tertiary/aromatic N) is 1. The predicted molar refractivity (Wildman–Crippen MR) is 71.1 cm³/mol. The molecule has 106 valence electrons. The Kier molecular flexibility index (Phi) is 3.67. The third kappa shape index (κ3) is 2.22. The monoisotopic (exact) mass is 296 g/mol. The number of halogens is 1. The van der Waals surface area contributed by atoms with Crippen LogP contribution in [0, 0.1) is 0 Å². The number of methoxy groups -OCH3 is 1. The number of carbonyl (C=O) groups excluding carboxylic acids is 3. The fraction of sp³-hybridized carbons (Fsp3) is 0.308. The first-order valence-corrected chi connectivity index (χ1v) is 6.24. The van der Waals surface area contributed by atoms with Crippen molar-refractivity contribution >= 4 is 29.5 Å². The van der Waals surface area contributed by atoms with Crippen LogP contribution in [0.15, 0.2) is 24.3 Å². The number of amides is 3. The number of hydrogen-bond acceptors (Lipinski definition) is 4. The van der Waals surface area contributed by atoms with Crippen molar-refractivity contribution < 1.29 is 19.1 Å². The highest BCUT2D eigenvalue weighted by molar-refractivity contribution is 6.32. The zero-order valence-electron chi connectivity index (χ0n) is 11.0. The number of nitrogens with one attached hydrogen (secondary N) is 1. The molecular weight excluding hydrogens is 284 g/mol. The van der Waals surface area contributed by atoms with Crippen LogP contribution in [0.4, 0.5) is 4.79 Å². The van der Waals surface area contributed by atoms with E-state index in [0.717, 1.165) is 4.90 Å². The molecule has 1 aromatic carbocycles. The minimum Gasteiger partial charge on any atom is -0.468 e. The first kappa shape index (κ1) is 14.3. The van der Waals surface area contributed by atoms with Crippen LogP contribution >= 0.6 is 11.6 Å². The molecule has 1 atom stereocenters. The van der Waals surface area contributed by atoms with Crippen LogP contribution in [0.1, 0.15) is 12.5 Å². The Morgan fingerprint density at radius 3 is 2.65 bits per heavy atom. The molecule has 0 spiro atoms. The fourth-order valence-electron chi connectivity index (χ4n) is 2.08. The maximum absolute atomic E-state index is 12.4. The predicted octanol–water partition coefficient (Wildman–Crippen LogP) is 1.28. The van der Waals surface area contributed by atoms with Crippen molar-refractivity contribution in [2.75, 3.05) is 13.7 Å². The van der Waals surface area contributed by atoms with Crippen molar-refractivity contribution in [3.63, 3.8) is 0 Å². The van der Waals surface area contributed by atoms with Crippen molar-refractivity contribution in [2.45, 2.75) is 12.5 Å². The van der Waals surface area contributed by atoms with Gasteiger partial charge in [-0.25, -0.2) is 4.79 Å². The lowest BCUT2D eigenvalue weighted by molar-refractivity contribution is -0.145. The van der Waals surface area contributed by atoms with Crippen LogP contribution in [-0.2, 0) is 19.9 Å². The van der Waals surface area contributed by atoms with Gasteiger partial charge in [-0.3, -0.25) is 14.5 Å². The van der Waals surface area contributed by atoms with Gasteiger partial charge >= 0.3 is 12.0 Å². The van der Waals surface area contributed by atoms with Gasteiger partial charge in [-0.2, -0.15) is 0 Å². The standard InChI is InChI=1S/C13H13ClN2O4/c1-13(8-5-3-4-6-9(8)14)11(18)16(12(19)15-13)7-10(17)20-2/h3-6H,7H2,1-2H3,(H,15,19)/t13-/m1/s1. The quantitative estimate of drug-likeness (QED) is 0.673. The molecule has 7 heteroatoms. The largest absolute Gasteiger partial charge is 0.468 e. The molecule has 20 heavy (non-hydrogen) atoms. The smallest absolute Gasteiger partial charge is 0.325 e. The second kappa shape index (κ2) is 5.13. The van der Waals surface area contributed by atoms with Crippen LogP contribution in [0.25, 0.3) is 0 Å². The lowest BCUT2D eigenvalue weighted by Gasteiger charge is -2.23. The van der Waals surface area contributed by atoms with Gasteiger partial charge in [0, 0.05) is 10.6 Å². The van der Waals surface area contributed by atoms with Gasteiger partial charge in [-0.15, -0.1) is 0 Å². The van der Waals surface area contributed by atoms with E-state index in [4.69, 9.17) is 11.6 Å². The van der Waals surface area contributed by atoms with Crippen LogP contribution in [-0.4, -0.2) is 36.5 Å². The molecule has 1 heterocycles. The molecule has 6 nitrogen and oxygen atoms in total. The Morgan fingerprint density at radius 2 is 2.05 bits per heavy atom. The van der Waals surface area contributed by atoms with Gasteiger partial charge < -0.3 is 10.1 Å². The van der Waals surface area contributed by atoms with Crippen molar-refractivity contribution in [3.05, 3.63) is 34.9 Å². The Labute approximate surface area is 120 Å². The van der Waals surface area contributed by atoms with E-state index >= 15 is 0 Å². The third-order valence-corrected chi connectivity index (χ3v) is 3.53. The summed E-state index contributed by atoms with van der Waals surface area (Å²) in [6, 6.07) is 6.08. The Balaban J connectivity index is 2.36. The van der Waals surface area contributed by atoms with E-state index in [1.54, 1.807) is 31.2 Å². The van der Waals surface area contributed by atoms with E-state index in [2.05, 4.69) is 10.1 Å². The normalized spacial score (nSPS) is 21.9. The van der Waals surface area contributed by atoms with Crippen molar-refractivity contribution in [1.29, 1.82) is 0 Å². The van der Waals surface area contributed by atoms with Gasteiger partial charge in [0.2, 0.25) is 0 Å². The molecule has 1 aliphatic rings. The Hall–Kier alpha value is -2.08. The molecule has 0 unspecified atom stereocenters. The van der Waals surface area contributed by atoms with Crippen molar-refractivity contribution in [1.82, 2.24) is 10.2 Å². The number of carbonyl (C=O) groups is 3. The Morgan fingerprint density at radius 1 is 1.40 bits per heavy atom. The van der Waals surface area contributed by atoms with Gasteiger partial charge in [-0.1, -0.05) is 29.8 Å². The van der Waals surface area contributed by atoms with Gasteiger partial charge in [0.25, 0.3) is 5.91 Å². The summed E-state index contributed by atoms with van der Waals surface area (Å²) in [5.74, 6) is -1.21. The molecule has 1 saturated heterocycles. The second-order valence-electron chi connectivity index (χ2n) is 4.50. The lowest BCUT2D eigenvalue weighted by Crippen LogP contribution is -2.41. The molecule has 1 N–H and O–H groups in total. The van der Waals surface area contributed by atoms with E-state index in [1.807, 2.05) is 0 Å². The average molecular weight is 297 g/mol. The Bertz CT molecular complexity index is 589. The minimum absolute atomic E-state index is 0.364. The first-order valence-electron chi connectivity index (χ1n) is 5.86. The molecule has 0 aromatic heterocycles. The number of rotatable bonds is 3. The second-order valence-corrected chi connectivity index (χ2v) is 4.91. The summed E-state index contributed by atoms with van der Waals surface area (Å²) in [6.07, 6.45) is 0. The lowest BCUT2D eigenvalue weighted by atomic mass is 9.92. The number of imide groups is 1. The van der Waals surface area contributed by atoms with Gasteiger partial charge in [0.15, 0.2) is 0 Å². The van der Waals surface area contributed by atoms with E-state index in [0.29, 0.717) is 10.6 Å². The average Bonchev–Trinajstić information content (AvgIpc) is 2.63. The number of benzene rings is 1. The molecule has 0 aliphatic carbocycles. The first-order chi connectivity index (χ1) is 9.40. The SMILES string of the molecule is COC(=O)CN1C(=O)N[C@](C)(c2ccccc2Cl)C1=O. The maximum atomic E-state index is 12.4. The van der Waals surface area contributed by atoms with E-state index in [1.165, 1.54) is 7.11 Å². The summed E-state index contributed by atoms with van der Waals surface area (Å²) in [7, 11) is 1.19. The van der Waals surface area contributed by atoms with Crippen LogP contribution in [0.2, 0.25) is 5.02 Å². The van der Waals surface area contributed by atoms with E-state index < -0.39 is 30.0 Å². The highest BCUT2D eigenvalue weighted by Crippen LogP contribution is 2.33. The molecule has 0 saturated carbocycles. The topological polar surface area (TPSA) is 75.7 Å². The highest BCUT2D eigenvalue weighted by atomic mass is 35.5. The number of urea groups is 1. The zero-order chi connectivity index (χ0) is 14.9. The van der Waals surface area contributed by atoms with Crippen LogP contribution < -0.4 is 5.32 Å². The van der Waals surface area contributed by atoms with Crippen LogP contribution in [0.5, 0.6) is 0 Å². The van der Waals surface area contributed by atoms with Crippen molar-refractivity contribution in [2.24, 2.45) is 0 Å². The van der Waals surface area contributed by atoms with Gasteiger partial charge in [0.1, 0.15) is 12.1 Å². The molecular formula is C13H13ClN2O4. The van der Waals surface area contributed by atoms with E-state index in [-0.39, 0.29) is 0 Å². The molecule has 1 aliphatic heterocycles. The highest BCUT2D eigenvalue weighted by Gasteiger charge is 2.50. The molecule has 0 radical (unpaired) electrons. The summed E-state index contributed by atoms with van der Waals surface area (Å²) in [5.41, 5.74) is -0.809. The molecule has 0 bridgehead atoms. The fourth-order valence-corrected chi connectivity index (χ4v) is 2.41. The zero-order valence-corrected chi connectivity index (χ0v) is 11.7. The minimum atomic E-state index is -1.29. The summed E-state index contributed by atoms with van der Waals surface area (Å²) in [5, 5.41) is 2.93. The summed E-state index contributed by atoms with van der Waals surface area (Å²) in [6.45, 7) is 1.12. The third-order valence-electron chi connectivity index (χ3n) is 3.20. The van der Waals surface area contributed by atoms with Gasteiger partial charge in [0.05, 0.1) is 7.11 Å². The number of esters is 1. The summed E-state index contributed by atoms with van der Waals surface area (Å²) >= 11 is 6.07. The summed E-state index contributed by atoms with van der Waals surface area (Å²) in [4.78, 5) is 36.4. The van der Waals surface area contributed by atoms with E-state index in [9.17, 15) is 14.4 Å². The number of ether oxygens (including phenoxy) is 1. The maximum Gasteiger partial charge on any atom is 0.325 e. The molecule has 1 fully saturated rings. The van der Waals surface area contributed by atoms with Gasteiger partial charge in [-0.05, 0) is 13.0 Å². The molecule has 2 rings (SSSR count). The molecule has 3 amide bonds. The van der Waals surface area contributed by atoms with Crippen LogP contribution in [0.3, 0.4) is 0 Å². The number of hydrogen-bond donors (Lipinski definition) is 1.